The number of anilines is 1. The Bertz CT molecular complexity index is 1210. The van der Waals surface area contributed by atoms with E-state index >= 15 is 0 Å². The molecule has 3 fully saturated rings. The molecule has 10 heteroatoms. The number of amides is 1. The first kappa shape index (κ1) is 23.5. The molecule has 0 N–H and O–H groups in total. The Morgan fingerprint density at radius 2 is 2.06 bits per heavy atom. The van der Waals surface area contributed by atoms with Gasteiger partial charge in [-0.2, -0.15) is 0 Å². The first-order valence-electron chi connectivity index (χ1n) is 11.8. The molecule has 0 saturated carbocycles. The predicted molar refractivity (Wildman–Crippen MR) is 139 cm³/mol. The van der Waals surface area contributed by atoms with Crippen LogP contribution in [0.2, 0.25) is 0 Å². The number of pyridine rings is 1. The lowest BCUT2D eigenvalue weighted by atomic mass is 10.2. The van der Waals surface area contributed by atoms with Gasteiger partial charge in [-0.25, -0.2) is 4.98 Å². The lowest BCUT2D eigenvalue weighted by molar-refractivity contribution is -0.123. The molecule has 0 spiro atoms. The number of hydrogen-bond donors (Lipinski definition) is 0. The van der Waals surface area contributed by atoms with E-state index < -0.39 is 0 Å². The molecule has 0 unspecified atom stereocenters. The van der Waals surface area contributed by atoms with Crippen molar-refractivity contribution in [3.8, 4) is 0 Å². The van der Waals surface area contributed by atoms with E-state index in [0.717, 1.165) is 57.7 Å². The molecule has 3 saturated heterocycles. The minimum absolute atomic E-state index is 0.0169. The van der Waals surface area contributed by atoms with Gasteiger partial charge in [0.25, 0.3) is 11.5 Å². The van der Waals surface area contributed by atoms with Crippen LogP contribution in [-0.4, -0.2) is 81.4 Å². The van der Waals surface area contributed by atoms with Crippen molar-refractivity contribution in [2.45, 2.75) is 32.8 Å². The first-order valence-corrected chi connectivity index (χ1v) is 13.0. The second-order valence-electron chi connectivity index (χ2n) is 8.89. The number of aryl methyl sites for hydroxylation is 1. The zero-order chi connectivity index (χ0) is 23.8. The SMILES string of the molecule is CCN1CCN(c2nc3c(C)cccn3c(=O)c2/C=C2\SC(=S)N(C[C@H]3CCCO3)C2=O)CC1. The van der Waals surface area contributed by atoms with Gasteiger partial charge in [-0.3, -0.25) is 18.9 Å². The highest BCUT2D eigenvalue weighted by molar-refractivity contribution is 8.26. The average molecular weight is 500 g/mol. The minimum atomic E-state index is -0.175. The van der Waals surface area contributed by atoms with E-state index in [-0.39, 0.29) is 17.6 Å². The van der Waals surface area contributed by atoms with Gasteiger partial charge in [0.15, 0.2) is 0 Å². The summed E-state index contributed by atoms with van der Waals surface area (Å²) < 4.78 is 7.78. The molecule has 2 aromatic rings. The number of piperazine rings is 1. The van der Waals surface area contributed by atoms with E-state index in [2.05, 4.69) is 16.7 Å². The van der Waals surface area contributed by atoms with Crippen molar-refractivity contribution >= 4 is 51.7 Å². The number of rotatable bonds is 5. The third-order valence-corrected chi connectivity index (χ3v) is 8.12. The van der Waals surface area contributed by atoms with Gasteiger partial charge < -0.3 is 14.5 Å². The van der Waals surface area contributed by atoms with E-state index in [0.29, 0.717) is 32.8 Å². The van der Waals surface area contributed by atoms with Crippen LogP contribution in [0.1, 0.15) is 30.9 Å². The molecule has 180 valence electrons. The third-order valence-electron chi connectivity index (χ3n) is 6.74. The van der Waals surface area contributed by atoms with Gasteiger partial charge in [-0.1, -0.05) is 37.0 Å². The maximum Gasteiger partial charge on any atom is 0.267 e. The zero-order valence-corrected chi connectivity index (χ0v) is 21.2. The number of carbonyl (C=O) groups excluding carboxylic acids is 1. The Hall–Kier alpha value is -2.27. The van der Waals surface area contributed by atoms with E-state index in [4.69, 9.17) is 21.9 Å². The number of carbonyl (C=O) groups is 1. The second kappa shape index (κ2) is 9.77. The first-order chi connectivity index (χ1) is 16.5. The van der Waals surface area contributed by atoms with E-state index in [1.54, 1.807) is 21.6 Å². The van der Waals surface area contributed by atoms with Crippen molar-refractivity contribution in [1.29, 1.82) is 0 Å². The molecular weight excluding hydrogens is 470 g/mol. The number of fused-ring (bicyclic) bond motifs is 1. The number of ether oxygens (including phenoxy) is 1. The Kier molecular flexibility index (Phi) is 6.74. The van der Waals surface area contributed by atoms with Crippen molar-refractivity contribution in [2.24, 2.45) is 0 Å². The van der Waals surface area contributed by atoms with Gasteiger partial charge in [-0.05, 0) is 44.0 Å². The monoisotopic (exact) mass is 499 g/mol. The Balaban J connectivity index is 1.55. The third kappa shape index (κ3) is 4.39. The van der Waals surface area contributed by atoms with Crippen molar-refractivity contribution in [3.63, 3.8) is 0 Å². The molecule has 8 nitrogen and oxygen atoms in total. The van der Waals surface area contributed by atoms with Crippen LogP contribution in [0.3, 0.4) is 0 Å². The quantitative estimate of drug-likeness (QED) is 0.459. The number of hydrogen-bond acceptors (Lipinski definition) is 8. The molecule has 2 aromatic heterocycles. The second-order valence-corrected chi connectivity index (χ2v) is 10.6. The van der Waals surface area contributed by atoms with Crippen LogP contribution >= 0.6 is 24.0 Å². The zero-order valence-electron chi connectivity index (χ0n) is 19.5. The summed E-state index contributed by atoms with van der Waals surface area (Å²) in [5, 5.41) is 0. The van der Waals surface area contributed by atoms with Crippen molar-refractivity contribution < 1.29 is 9.53 Å². The summed E-state index contributed by atoms with van der Waals surface area (Å²) >= 11 is 6.76. The number of likely N-dealkylation sites (N-methyl/N-ethyl adjacent to an activating group) is 1. The average Bonchev–Trinajstić information content (AvgIpc) is 3.45. The molecule has 1 amide bonds. The van der Waals surface area contributed by atoms with Crippen LogP contribution in [0.15, 0.2) is 28.0 Å². The fraction of sp³-hybridized carbons (Fsp3) is 0.500. The number of aromatic nitrogens is 2. The van der Waals surface area contributed by atoms with Crippen LogP contribution in [0.25, 0.3) is 11.7 Å². The fourth-order valence-electron chi connectivity index (χ4n) is 4.72. The van der Waals surface area contributed by atoms with E-state index in [1.807, 2.05) is 19.1 Å². The summed E-state index contributed by atoms with van der Waals surface area (Å²) in [6.45, 7) is 9.68. The van der Waals surface area contributed by atoms with Crippen LogP contribution in [0, 0.1) is 6.92 Å². The Morgan fingerprint density at radius 1 is 1.26 bits per heavy atom. The molecule has 0 aliphatic carbocycles. The van der Waals surface area contributed by atoms with Gasteiger partial charge in [0.1, 0.15) is 15.8 Å². The molecule has 0 aromatic carbocycles. The molecule has 0 bridgehead atoms. The molecule has 5 rings (SSSR count). The summed E-state index contributed by atoms with van der Waals surface area (Å²) in [5.74, 6) is 0.473. The van der Waals surface area contributed by atoms with E-state index in [9.17, 15) is 9.59 Å². The Morgan fingerprint density at radius 3 is 2.76 bits per heavy atom. The van der Waals surface area contributed by atoms with Crippen molar-refractivity contribution in [2.75, 3.05) is 50.8 Å². The fourth-order valence-corrected chi connectivity index (χ4v) is 5.98. The van der Waals surface area contributed by atoms with Gasteiger partial charge in [0, 0.05) is 39.0 Å². The highest BCUT2D eigenvalue weighted by Crippen LogP contribution is 2.34. The molecular formula is C24H29N5O3S2. The summed E-state index contributed by atoms with van der Waals surface area (Å²) in [4.78, 5) is 38.5. The topological polar surface area (TPSA) is 70.4 Å². The lowest BCUT2D eigenvalue weighted by Gasteiger charge is -2.35. The maximum absolute atomic E-state index is 13.7. The summed E-state index contributed by atoms with van der Waals surface area (Å²) in [6, 6.07) is 3.80. The highest BCUT2D eigenvalue weighted by Gasteiger charge is 2.35. The number of thioether (sulfide) groups is 1. The van der Waals surface area contributed by atoms with E-state index in [1.165, 1.54) is 11.8 Å². The largest absolute Gasteiger partial charge is 0.376 e. The molecule has 3 aliphatic heterocycles. The van der Waals surface area contributed by atoms with Gasteiger partial charge in [0.05, 0.1) is 23.1 Å². The smallest absolute Gasteiger partial charge is 0.267 e. The maximum atomic E-state index is 13.7. The van der Waals surface area contributed by atoms with Crippen LogP contribution in [0.4, 0.5) is 5.82 Å². The normalized spacial score (nSPS) is 23.1. The van der Waals surface area contributed by atoms with Gasteiger partial charge in [-0.15, -0.1) is 0 Å². The minimum Gasteiger partial charge on any atom is -0.376 e. The number of nitrogens with zero attached hydrogens (tertiary/aromatic N) is 5. The van der Waals surface area contributed by atoms with Crippen LogP contribution in [0.5, 0.6) is 0 Å². The van der Waals surface area contributed by atoms with Crippen molar-refractivity contribution in [1.82, 2.24) is 19.2 Å². The lowest BCUT2D eigenvalue weighted by Crippen LogP contribution is -2.47. The number of thiocarbonyl (C=S) groups is 1. The van der Waals surface area contributed by atoms with Crippen molar-refractivity contribution in [3.05, 3.63) is 44.7 Å². The molecule has 3 aliphatic rings. The standard InChI is InChI=1S/C24H29N5O3S2/c1-3-26-9-11-27(12-10-26)21-18(22(30)28-8-4-6-16(2)20(28)25-21)14-19-23(31)29(24(33)34-19)15-17-7-5-13-32-17/h4,6,8,14,17H,3,5,7,9-13,15H2,1-2H3/b19-14-/t17-/m1/s1. The molecule has 5 heterocycles. The Labute approximate surface area is 208 Å². The van der Waals surface area contributed by atoms with Crippen LogP contribution in [-0.2, 0) is 9.53 Å². The van der Waals surface area contributed by atoms with Gasteiger partial charge in [0.2, 0.25) is 0 Å². The molecule has 34 heavy (non-hydrogen) atoms. The van der Waals surface area contributed by atoms with Crippen LogP contribution < -0.4 is 10.5 Å². The molecule has 1 atom stereocenters. The summed E-state index contributed by atoms with van der Waals surface area (Å²) in [6.07, 6.45) is 5.38. The highest BCUT2D eigenvalue weighted by atomic mass is 32.2. The molecule has 0 radical (unpaired) electrons. The summed E-state index contributed by atoms with van der Waals surface area (Å²) in [5.41, 5.74) is 1.84. The van der Waals surface area contributed by atoms with Gasteiger partial charge >= 0.3 is 0 Å². The summed E-state index contributed by atoms with van der Waals surface area (Å²) in [7, 11) is 0. The predicted octanol–water partition coefficient (Wildman–Crippen LogP) is 2.53.